The standard InChI is InChI=1S/C19H19BrN4O3S/c1-4-26-13-7-6-11(8-12(13)20)16-15(18(25)27-5-2)10(3)23-19-24(16)17(22)14(9-21)28-19/h6-8,16H,4-5,22H2,1-3H3/t16-/m0/s1. The molecule has 0 saturated carbocycles. The Morgan fingerprint density at radius 1 is 1.43 bits per heavy atom. The predicted octanol–water partition coefficient (Wildman–Crippen LogP) is 3.80. The first kappa shape index (κ1) is 20.3. The van der Waals surface area contributed by atoms with Crippen molar-refractivity contribution in [2.24, 2.45) is 10.7 Å². The second-order valence-corrected chi connectivity index (χ2v) is 7.77. The maximum atomic E-state index is 12.8. The highest BCUT2D eigenvalue weighted by molar-refractivity contribution is 9.10. The number of nitrogens with zero attached hydrogens (tertiary/aromatic N) is 3. The van der Waals surface area contributed by atoms with Crippen LogP contribution in [0.2, 0.25) is 0 Å². The molecule has 28 heavy (non-hydrogen) atoms. The molecule has 0 saturated heterocycles. The van der Waals surface area contributed by atoms with Crippen LogP contribution < -0.4 is 10.5 Å². The summed E-state index contributed by atoms with van der Waals surface area (Å²) >= 11 is 4.72. The molecule has 2 aliphatic rings. The van der Waals surface area contributed by atoms with Gasteiger partial charge in [0.1, 0.15) is 22.5 Å². The van der Waals surface area contributed by atoms with Crippen LogP contribution in [0.25, 0.3) is 0 Å². The Bertz CT molecular complexity index is 964. The van der Waals surface area contributed by atoms with Gasteiger partial charge in [-0.05, 0) is 66.2 Å². The SMILES string of the molecule is CCOC(=O)C1=C(C)N=C2SC(C#N)=C(N)N2[C@H]1c1ccc(OCC)c(Br)c1. The number of benzene rings is 1. The van der Waals surface area contributed by atoms with E-state index in [-0.39, 0.29) is 12.4 Å². The first-order valence-electron chi connectivity index (χ1n) is 8.68. The number of nitriles is 1. The van der Waals surface area contributed by atoms with Gasteiger partial charge in [0.2, 0.25) is 0 Å². The molecule has 0 aliphatic carbocycles. The lowest BCUT2D eigenvalue weighted by molar-refractivity contribution is -0.139. The van der Waals surface area contributed by atoms with E-state index >= 15 is 0 Å². The van der Waals surface area contributed by atoms with Crippen LogP contribution in [0.3, 0.4) is 0 Å². The predicted molar refractivity (Wildman–Crippen MR) is 111 cm³/mol. The quantitative estimate of drug-likeness (QED) is 0.663. The Morgan fingerprint density at radius 3 is 2.79 bits per heavy atom. The summed E-state index contributed by atoms with van der Waals surface area (Å²) in [4.78, 5) is 19.3. The third-order valence-corrected chi connectivity index (χ3v) is 5.84. The number of allylic oxidation sites excluding steroid dienone is 2. The molecule has 1 aromatic rings. The number of amidine groups is 1. The first-order valence-corrected chi connectivity index (χ1v) is 10.3. The lowest BCUT2D eigenvalue weighted by Gasteiger charge is -2.35. The summed E-state index contributed by atoms with van der Waals surface area (Å²) in [6, 6.07) is 7.13. The zero-order valence-corrected chi connectivity index (χ0v) is 18.1. The number of ether oxygens (including phenoxy) is 2. The maximum Gasteiger partial charge on any atom is 0.338 e. The molecule has 2 aliphatic heterocycles. The van der Waals surface area contributed by atoms with Gasteiger partial charge in [0.25, 0.3) is 0 Å². The minimum absolute atomic E-state index is 0.245. The highest BCUT2D eigenvalue weighted by Gasteiger charge is 2.42. The fraction of sp³-hybridized carbons (Fsp3) is 0.316. The van der Waals surface area contributed by atoms with E-state index in [1.54, 1.807) is 18.7 Å². The summed E-state index contributed by atoms with van der Waals surface area (Å²) in [7, 11) is 0. The van der Waals surface area contributed by atoms with Gasteiger partial charge in [-0.2, -0.15) is 5.26 Å². The summed E-state index contributed by atoms with van der Waals surface area (Å²) in [6.45, 7) is 6.20. The molecule has 0 amide bonds. The number of hydrogen-bond acceptors (Lipinski definition) is 8. The van der Waals surface area contributed by atoms with Gasteiger partial charge in [-0.3, -0.25) is 4.90 Å². The molecule has 1 atom stereocenters. The van der Waals surface area contributed by atoms with Crippen molar-refractivity contribution < 1.29 is 14.3 Å². The van der Waals surface area contributed by atoms with E-state index in [1.165, 1.54) is 11.8 Å². The van der Waals surface area contributed by atoms with Crippen molar-refractivity contribution in [2.45, 2.75) is 26.8 Å². The van der Waals surface area contributed by atoms with Crippen molar-refractivity contribution in [3.8, 4) is 11.8 Å². The number of aliphatic imine (C=N–C) groups is 1. The maximum absolute atomic E-state index is 12.8. The molecule has 2 N–H and O–H groups in total. The van der Waals surface area contributed by atoms with Crippen molar-refractivity contribution in [1.82, 2.24) is 4.90 Å². The van der Waals surface area contributed by atoms with Crippen LogP contribution in [0.15, 0.2) is 49.7 Å². The van der Waals surface area contributed by atoms with Gasteiger partial charge in [0.15, 0.2) is 5.17 Å². The summed E-state index contributed by atoms with van der Waals surface area (Å²) in [5.41, 5.74) is 7.97. The molecule has 0 aromatic heterocycles. The Morgan fingerprint density at radius 2 is 2.18 bits per heavy atom. The van der Waals surface area contributed by atoms with Crippen molar-refractivity contribution in [1.29, 1.82) is 5.26 Å². The number of hydrogen-bond donors (Lipinski definition) is 1. The minimum atomic E-state index is -0.558. The topological polar surface area (TPSA) is 101 Å². The van der Waals surface area contributed by atoms with E-state index in [1.807, 2.05) is 25.1 Å². The van der Waals surface area contributed by atoms with Crippen LogP contribution >= 0.6 is 27.7 Å². The lowest BCUT2D eigenvalue weighted by atomic mass is 9.94. The molecular weight excluding hydrogens is 444 g/mol. The van der Waals surface area contributed by atoms with E-state index in [9.17, 15) is 10.1 Å². The number of nitrogens with two attached hydrogens (primary N) is 1. The number of esters is 1. The van der Waals surface area contributed by atoms with E-state index in [4.69, 9.17) is 15.2 Å². The van der Waals surface area contributed by atoms with Crippen LogP contribution in [0.4, 0.5) is 0 Å². The zero-order chi connectivity index (χ0) is 20.4. The summed E-state index contributed by atoms with van der Waals surface area (Å²) in [5.74, 6) is 0.517. The highest BCUT2D eigenvalue weighted by atomic mass is 79.9. The third-order valence-electron chi connectivity index (χ3n) is 4.24. The molecule has 0 spiro atoms. The number of thioether (sulfide) groups is 1. The largest absolute Gasteiger partial charge is 0.493 e. The van der Waals surface area contributed by atoms with Gasteiger partial charge < -0.3 is 15.2 Å². The van der Waals surface area contributed by atoms with E-state index in [0.29, 0.717) is 33.7 Å². The monoisotopic (exact) mass is 462 g/mol. The number of rotatable bonds is 5. The molecular formula is C19H19BrN4O3S. The van der Waals surface area contributed by atoms with Crippen LogP contribution in [0.1, 0.15) is 32.4 Å². The third kappa shape index (κ3) is 3.50. The highest BCUT2D eigenvalue weighted by Crippen LogP contribution is 2.46. The summed E-state index contributed by atoms with van der Waals surface area (Å²) in [5, 5.41) is 9.95. The van der Waals surface area contributed by atoms with Crippen LogP contribution in [-0.2, 0) is 9.53 Å². The number of carbonyl (C=O) groups excluding carboxylic acids is 1. The minimum Gasteiger partial charge on any atom is -0.493 e. The Balaban J connectivity index is 2.16. The summed E-state index contributed by atoms with van der Waals surface area (Å²) in [6.07, 6.45) is 0. The van der Waals surface area contributed by atoms with Crippen molar-refractivity contribution in [2.75, 3.05) is 13.2 Å². The first-order chi connectivity index (χ1) is 13.4. The number of halogens is 1. The molecule has 1 aromatic carbocycles. The lowest BCUT2D eigenvalue weighted by Crippen LogP contribution is -2.38. The van der Waals surface area contributed by atoms with Gasteiger partial charge in [0.05, 0.1) is 35.0 Å². The van der Waals surface area contributed by atoms with Crippen LogP contribution in [0.5, 0.6) is 5.75 Å². The second kappa shape index (κ2) is 8.29. The molecule has 0 radical (unpaired) electrons. The molecule has 0 fully saturated rings. The smallest absolute Gasteiger partial charge is 0.338 e. The number of carbonyl (C=O) groups is 1. The van der Waals surface area contributed by atoms with Gasteiger partial charge in [-0.15, -0.1) is 0 Å². The average molecular weight is 463 g/mol. The second-order valence-electron chi connectivity index (χ2n) is 5.94. The van der Waals surface area contributed by atoms with E-state index in [2.05, 4.69) is 27.0 Å². The van der Waals surface area contributed by atoms with E-state index in [0.717, 1.165) is 10.0 Å². The molecule has 9 heteroatoms. The van der Waals surface area contributed by atoms with Crippen LogP contribution in [0, 0.1) is 11.3 Å². The Kier molecular flexibility index (Phi) is 6.01. The molecule has 7 nitrogen and oxygen atoms in total. The van der Waals surface area contributed by atoms with Gasteiger partial charge in [-0.25, -0.2) is 9.79 Å². The van der Waals surface area contributed by atoms with Gasteiger partial charge in [0, 0.05) is 0 Å². The fourth-order valence-corrected chi connectivity index (χ4v) is 4.51. The fourth-order valence-electron chi connectivity index (χ4n) is 3.09. The molecule has 3 rings (SSSR count). The zero-order valence-electron chi connectivity index (χ0n) is 15.7. The molecule has 0 unspecified atom stereocenters. The normalized spacial score (nSPS) is 18.6. The molecule has 2 heterocycles. The van der Waals surface area contributed by atoms with Crippen LogP contribution in [-0.4, -0.2) is 29.3 Å². The van der Waals surface area contributed by atoms with E-state index < -0.39 is 12.0 Å². The van der Waals surface area contributed by atoms with Crippen molar-refractivity contribution in [3.63, 3.8) is 0 Å². The average Bonchev–Trinajstić information content (AvgIpc) is 2.98. The molecule has 146 valence electrons. The van der Waals surface area contributed by atoms with Gasteiger partial charge in [-0.1, -0.05) is 6.07 Å². The number of fused-ring (bicyclic) bond motifs is 1. The van der Waals surface area contributed by atoms with Crippen molar-refractivity contribution >= 4 is 38.8 Å². The Labute approximate surface area is 176 Å². The van der Waals surface area contributed by atoms with Gasteiger partial charge >= 0.3 is 5.97 Å². The summed E-state index contributed by atoms with van der Waals surface area (Å²) < 4.78 is 11.6. The Hall–Kier alpha value is -2.44. The molecule has 0 bridgehead atoms. The van der Waals surface area contributed by atoms with Crippen molar-refractivity contribution in [3.05, 3.63) is 50.2 Å².